The Labute approximate surface area is 219 Å². The summed E-state index contributed by atoms with van der Waals surface area (Å²) in [6.45, 7) is 4.83. The van der Waals surface area contributed by atoms with Crippen molar-refractivity contribution in [1.29, 1.82) is 0 Å². The first kappa shape index (κ1) is 23.9. The fraction of sp³-hybridized carbons (Fsp3) is 0.179. The van der Waals surface area contributed by atoms with E-state index in [4.69, 9.17) is 23.2 Å². The third-order valence-corrected chi connectivity index (χ3v) is 7.90. The van der Waals surface area contributed by atoms with Gasteiger partial charge >= 0.3 is 0 Å². The van der Waals surface area contributed by atoms with Crippen LogP contribution in [0, 0.1) is 6.92 Å². The predicted molar refractivity (Wildman–Crippen MR) is 149 cm³/mol. The first-order valence-electron chi connectivity index (χ1n) is 11.5. The molecule has 2 N–H and O–H groups in total. The molecular formula is C28H25Cl2N3OS. The maximum atomic E-state index is 12.8. The number of carbonyl (C=O) groups excluding carboxylic acids is 1. The summed E-state index contributed by atoms with van der Waals surface area (Å²) in [5.41, 5.74) is 6.24. The second-order valence-corrected chi connectivity index (χ2v) is 10.5. The molecule has 5 rings (SSSR count). The molecule has 1 amide bonds. The lowest BCUT2D eigenvalue weighted by atomic mass is 10.1. The SMILES string of the molecule is CCc1ccc(N[C@H]2NC(=O)/C(=C/c3c(C)n(Cc4ccc(Cl)cc4Cl)c4ccccc34)S2)cc1. The van der Waals surface area contributed by atoms with Gasteiger partial charge in [0.05, 0.1) is 4.91 Å². The number of rotatable bonds is 6. The second kappa shape index (κ2) is 10.0. The first-order valence-corrected chi connectivity index (χ1v) is 13.1. The smallest absolute Gasteiger partial charge is 0.260 e. The van der Waals surface area contributed by atoms with Gasteiger partial charge in [0, 0.05) is 44.4 Å². The molecule has 2 heterocycles. The van der Waals surface area contributed by atoms with Crippen molar-refractivity contribution in [1.82, 2.24) is 9.88 Å². The fourth-order valence-corrected chi connectivity index (χ4v) is 5.78. The highest BCUT2D eigenvalue weighted by atomic mass is 35.5. The number of anilines is 1. The molecule has 1 fully saturated rings. The zero-order valence-electron chi connectivity index (χ0n) is 19.4. The number of aryl methyl sites for hydroxylation is 1. The highest BCUT2D eigenvalue weighted by Crippen LogP contribution is 2.35. The molecule has 0 spiro atoms. The Morgan fingerprint density at radius 2 is 1.86 bits per heavy atom. The summed E-state index contributed by atoms with van der Waals surface area (Å²) in [4.78, 5) is 13.5. The number of fused-ring (bicyclic) bond motifs is 1. The average molecular weight is 523 g/mol. The van der Waals surface area contributed by atoms with Gasteiger partial charge in [0.15, 0.2) is 5.50 Å². The minimum absolute atomic E-state index is 0.0744. The summed E-state index contributed by atoms with van der Waals surface area (Å²) in [5.74, 6) is -0.0744. The van der Waals surface area contributed by atoms with Crippen molar-refractivity contribution >= 4 is 63.5 Å². The van der Waals surface area contributed by atoms with Crippen molar-refractivity contribution in [3.05, 3.63) is 104 Å². The van der Waals surface area contributed by atoms with Crippen LogP contribution in [0.1, 0.15) is 29.3 Å². The third kappa shape index (κ3) is 4.94. The van der Waals surface area contributed by atoms with Crippen LogP contribution in [0.15, 0.2) is 71.6 Å². The van der Waals surface area contributed by atoms with E-state index in [2.05, 4.69) is 53.3 Å². The Bertz CT molecular complexity index is 1440. The number of amides is 1. The van der Waals surface area contributed by atoms with Crippen LogP contribution < -0.4 is 10.6 Å². The van der Waals surface area contributed by atoms with Crippen LogP contribution in [0.2, 0.25) is 10.0 Å². The highest BCUT2D eigenvalue weighted by molar-refractivity contribution is 8.05. The highest BCUT2D eigenvalue weighted by Gasteiger charge is 2.28. The third-order valence-electron chi connectivity index (χ3n) is 6.29. The lowest BCUT2D eigenvalue weighted by Gasteiger charge is -2.12. The van der Waals surface area contributed by atoms with E-state index in [-0.39, 0.29) is 11.4 Å². The van der Waals surface area contributed by atoms with E-state index in [0.29, 0.717) is 21.5 Å². The van der Waals surface area contributed by atoms with Crippen LogP contribution in [0.3, 0.4) is 0 Å². The van der Waals surface area contributed by atoms with E-state index in [0.717, 1.165) is 39.8 Å². The number of hydrogen-bond acceptors (Lipinski definition) is 3. The van der Waals surface area contributed by atoms with Crippen molar-refractivity contribution in [2.45, 2.75) is 32.3 Å². The molecule has 1 saturated heterocycles. The van der Waals surface area contributed by atoms with Crippen molar-refractivity contribution in [2.75, 3.05) is 5.32 Å². The van der Waals surface area contributed by atoms with Gasteiger partial charge in [-0.15, -0.1) is 0 Å². The fourth-order valence-electron chi connectivity index (χ4n) is 4.35. The van der Waals surface area contributed by atoms with Gasteiger partial charge in [0.25, 0.3) is 5.91 Å². The quantitative estimate of drug-likeness (QED) is 0.258. The summed E-state index contributed by atoms with van der Waals surface area (Å²) < 4.78 is 2.24. The molecule has 4 aromatic rings. The molecular weight excluding hydrogens is 497 g/mol. The van der Waals surface area contributed by atoms with Gasteiger partial charge in [0.2, 0.25) is 0 Å². The summed E-state index contributed by atoms with van der Waals surface area (Å²) >= 11 is 14.1. The minimum atomic E-state index is -0.220. The molecule has 4 nitrogen and oxygen atoms in total. The first-order chi connectivity index (χ1) is 16.9. The summed E-state index contributed by atoms with van der Waals surface area (Å²) in [6.07, 6.45) is 3.00. The zero-order chi connectivity index (χ0) is 24.5. The molecule has 35 heavy (non-hydrogen) atoms. The number of para-hydroxylation sites is 1. The van der Waals surface area contributed by atoms with Crippen LogP contribution in [-0.2, 0) is 17.8 Å². The van der Waals surface area contributed by atoms with Gasteiger partial charge in [0.1, 0.15) is 0 Å². The Morgan fingerprint density at radius 3 is 2.60 bits per heavy atom. The summed E-state index contributed by atoms with van der Waals surface area (Å²) in [5, 5.41) is 8.79. The Balaban J connectivity index is 1.45. The molecule has 0 radical (unpaired) electrons. The minimum Gasteiger partial charge on any atom is -0.357 e. The van der Waals surface area contributed by atoms with Gasteiger partial charge in [-0.3, -0.25) is 4.79 Å². The number of benzene rings is 3. The topological polar surface area (TPSA) is 46.1 Å². The molecule has 1 aromatic heterocycles. The van der Waals surface area contributed by atoms with E-state index in [1.54, 1.807) is 6.07 Å². The predicted octanol–water partition coefficient (Wildman–Crippen LogP) is 7.47. The van der Waals surface area contributed by atoms with E-state index in [1.165, 1.54) is 17.3 Å². The molecule has 0 saturated carbocycles. The number of aromatic nitrogens is 1. The van der Waals surface area contributed by atoms with Gasteiger partial charge < -0.3 is 15.2 Å². The lowest BCUT2D eigenvalue weighted by molar-refractivity contribution is -0.116. The summed E-state index contributed by atoms with van der Waals surface area (Å²) in [6, 6.07) is 22.1. The van der Waals surface area contributed by atoms with Crippen molar-refractivity contribution in [2.24, 2.45) is 0 Å². The van der Waals surface area contributed by atoms with Gasteiger partial charge in [-0.2, -0.15) is 0 Å². The standard InChI is InChI=1S/C28H25Cl2N3OS/c1-3-18-8-12-21(13-9-18)31-28-32-27(34)26(35-28)15-23-17(2)33(25-7-5-4-6-22(23)25)16-19-10-11-20(29)14-24(19)30/h4-15,28,31H,3,16H2,1-2H3,(H,32,34)/b26-15-/t28-/m0/s1. The number of carbonyl (C=O) groups is 1. The van der Waals surface area contributed by atoms with Crippen molar-refractivity contribution in [3.8, 4) is 0 Å². The van der Waals surface area contributed by atoms with Crippen molar-refractivity contribution < 1.29 is 4.79 Å². The molecule has 1 aliphatic heterocycles. The lowest BCUT2D eigenvalue weighted by Crippen LogP contribution is -2.30. The van der Waals surface area contributed by atoms with E-state index in [9.17, 15) is 4.79 Å². The molecule has 1 atom stereocenters. The van der Waals surface area contributed by atoms with E-state index in [1.807, 2.05) is 42.5 Å². The van der Waals surface area contributed by atoms with Crippen LogP contribution >= 0.6 is 35.0 Å². The van der Waals surface area contributed by atoms with Crippen LogP contribution in [0.5, 0.6) is 0 Å². The Hall–Kier alpha value is -2.86. The van der Waals surface area contributed by atoms with Crippen molar-refractivity contribution in [3.63, 3.8) is 0 Å². The molecule has 7 heteroatoms. The van der Waals surface area contributed by atoms with Gasteiger partial charge in [-0.25, -0.2) is 0 Å². The average Bonchev–Trinajstić information content (AvgIpc) is 3.33. The van der Waals surface area contributed by atoms with E-state index < -0.39 is 0 Å². The molecule has 1 aliphatic rings. The van der Waals surface area contributed by atoms with Gasteiger partial charge in [-0.05, 0) is 60.9 Å². The van der Waals surface area contributed by atoms with Crippen LogP contribution in [0.25, 0.3) is 17.0 Å². The number of hydrogen-bond donors (Lipinski definition) is 2. The Morgan fingerprint density at radius 1 is 1.09 bits per heavy atom. The number of halogens is 2. The molecule has 0 unspecified atom stereocenters. The second-order valence-electron chi connectivity index (χ2n) is 8.51. The number of nitrogens with one attached hydrogen (secondary N) is 2. The number of nitrogens with zero attached hydrogens (tertiary/aromatic N) is 1. The molecule has 178 valence electrons. The molecule has 3 aromatic carbocycles. The molecule has 0 aliphatic carbocycles. The van der Waals surface area contributed by atoms with Crippen LogP contribution in [-0.4, -0.2) is 16.0 Å². The summed E-state index contributed by atoms with van der Waals surface area (Å²) in [7, 11) is 0. The number of thioether (sulfide) groups is 1. The normalized spacial score (nSPS) is 16.7. The zero-order valence-corrected chi connectivity index (χ0v) is 21.8. The maximum absolute atomic E-state index is 12.8. The van der Waals surface area contributed by atoms with Gasteiger partial charge in [-0.1, -0.05) is 78.3 Å². The maximum Gasteiger partial charge on any atom is 0.260 e. The monoisotopic (exact) mass is 521 g/mol. The largest absolute Gasteiger partial charge is 0.357 e. The molecule has 0 bridgehead atoms. The van der Waals surface area contributed by atoms with Crippen LogP contribution in [0.4, 0.5) is 5.69 Å². The Kier molecular flexibility index (Phi) is 6.83. The van der Waals surface area contributed by atoms with E-state index >= 15 is 0 Å².